The maximum atomic E-state index is 12.0. The van der Waals surface area contributed by atoms with E-state index in [1.807, 2.05) is 12.1 Å². The molecule has 0 heterocycles. The molecule has 0 aliphatic rings. The molecule has 0 aliphatic carbocycles. The molecule has 8 heteroatoms. The van der Waals surface area contributed by atoms with E-state index < -0.39 is 23.4 Å². The largest absolute Gasteiger partial charge is 0.497 e. The second kappa shape index (κ2) is 9.33. The molecule has 0 unspecified atom stereocenters. The summed E-state index contributed by atoms with van der Waals surface area (Å²) in [4.78, 5) is 34.2. The lowest BCUT2D eigenvalue weighted by Gasteiger charge is -2.09. The summed E-state index contributed by atoms with van der Waals surface area (Å²) in [5.41, 5.74) is 1.37. The van der Waals surface area contributed by atoms with E-state index in [0.717, 1.165) is 11.3 Å². The van der Waals surface area contributed by atoms with Crippen LogP contribution in [0.15, 0.2) is 42.5 Å². The summed E-state index contributed by atoms with van der Waals surface area (Å²) in [6.07, 6.45) is 0.581. The fourth-order valence-corrected chi connectivity index (χ4v) is 2.40. The number of nitrogens with zero attached hydrogens (tertiary/aromatic N) is 1. The summed E-state index contributed by atoms with van der Waals surface area (Å²) in [6.45, 7) is 1.14. The molecule has 0 saturated heterocycles. The predicted molar refractivity (Wildman–Crippen MR) is 98.7 cm³/mol. The first-order valence-corrected chi connectivity index (χ1v) is 8.23. The molecule has 27 heavy (non-hydrogen) atoms. The second-order valence-corrected chi connectivity index (χ2v) is 5.78. The Labute approximate surface area is 156 Å². The lowest BCUT2D eigenvalue weighted by molar-refractivity contribution is -0.384. The Kier molecular flexibility index (Phi) is 6.87. The molecule has 0 fully saturated rings. The van der Waals surface area contributed by atoms with Crippen LogP contribution < -0.4 is 10.1 Å². The summed E-state index contributed by atoms with van der Waals surface area (Å²) in [6, 6.07) is 11.7. The molecule has 2 rings (SSSR count). The highest BCUT2D eigenvalue weighted by molar-refractivity contribution is 5.95. The normalized spacial score (nSPS) is 10.1. The van der Waals surface area contributed by atoms with Gasteiger partial charge in [0.05, 0.1) is 12.0 Å². The highest BCUT2D eigenvalue weighted by Crippen LogP contribution is 2.27. The Morgan fingerprint density at radius 3 is 2.48 bits per heavy atom. The third-order valence-electron chi connectivity index (χ3n) is 3.85. The van der Waals surface area contributed by atoms with Crippen LogP contribution in [0.25, 0.3) is 0 Å². The number of carbonyl (C=O) groups excluding carboxylic acids is 2. The van der Waals surface area contributed by atoms with E-state index in [9.17, 15) is 19.7 Å². The van der Waals surface area contributed by atoms with Gasteiger partial charge in [-0.1, -0.05) is 24.3 Å². The molecule has 0 atom stereocenters. The molecule has 0 bridgehead atoms. The Hall–Kier alpha value is -3.42. The maximum Gasteiger partial charge on any atom is 0.306 e. The Morgan fingerprint density at radius 1 is 1.15 bits per heavy atom. The van der Waals surface area contributed by atoms with Crippen LogP contribution in [0.3, 0.4) is 0 Å². The van der Waals surface area contributed by atoms with Crippen molar-refractivity contribution in [1.82, 2.24) is 0 Å². The highest BCUT2D eigenvalue weighted by atomic mass is 16.6. The van der Waals surface area contributed by atoms with E-state index >= 15 is 0 Å². The van der Waals surface area contributed by atoms with Gasteiger partial charge in [-0.2, -0.15) is 0 Å². The summed E-state index contributed by atoms with van der Waals surface area (Å²) < 4.78 is 10.00. The third kappa shape index (κ3) is 5.81. The number of benzene rings is 2. The number of anilines is 1. The lowest BCUT2D eigenvalue weighted by atomic mass is 10.1. The summed E-state index contributed by atoms with van der Waals surface area (Å²) in [5, 5.41) is 13.5. The molecule has 0 aliphatic heterocycles. The maximum absolute atomic E-state index is 12.0. The van der Waals surface area contributed by atoms with Gasteiger partial charge in [-0.3, -0.25) is 19.7 Å². The summed E-state index contributed by atoms with van der Waals surface area (Å²) in [7, 11) is 1.57. The van der Waals surface area contributed by atoms with Gasteiger partial charge in [0, 0.05) is 12.5 Å². The van der Waals surface area contributed by atoms with E-state index in [1.54, 1.807) is 32.2 Å². The zero-order valence-corrected chi connectivity index (χ0v) is 15.1. The molecule has 2 aromatic carbocycles. The number of methoxy groups -OCH3 is 1. The van der Waals surface area contributed by atoms with Gasteiger partial charge in [0.25, 0.3) is 11.6 Å². The number of hydrogen-bond donors (Lipinski definition) is 1. The van der Waals surface area contributed by atoms with E-state index in [-0.39, 0.29) is 17.8 Å². The van der Waals surface area contributed by atoms with Crippen molar-refractivity contribution >= 4 is 23.3 Å². The van der Waals surface area contributed by atoms with Crippen LogP contribution in [-0.4, -0.2) is 30.5 Å². The Balaban J connectivity index is 1.83. The number of amides is 1. The van der Waals surface area contributed by atoms with Gasteiger partial charge in [0.1, 0.15) is 11.4 Å². The molecule has 0 saturated carbocycles. The number of hydrogen-bond acceptors (Lipinski definition) is 6. The third-order valence-corrected chi connectivity index (χ3v) is 3.85. The molecule has 1 amide bonds. The molecule has 0 radical (unpaired) electrons. The first kappa shape index (κ1) is 19.9. The average Bonchev–Trinajstić information content (AvgIpc) is 2.66. The molecule has 142 valence electrons. The van der Waals surface area contributed by atoms with E-state index in [1.165, 1.54) is 12.1 Å². The van der Waals surface area contributed by atoms with Gasteiger partial charge >= 0.3 is 5.97 Å². The van der Waals surface area contributed by atoms with Crippen LogP contribution in [-0.2, 0) is 20.7 Å². The highest BCUT2D eigenvalue weighted by Gasteiger charge is 2.18. The van der Waals surface area contributed by atoms with Crippen LogP contribution >= 0.6 is 0 Å². The van der Waals surface area contributed by atoms with Crippen molar-refractivity contribution < 1.29 is 24.0 Å². The van der Waals surface area contributed by atoms with Crippen LogP contribution in [0, 0.1) is 17.0 Å². The SMILES string of the molecule is COc1ccc(CCC(=O)OCC(=O)Nc2c(C)cccc2[N+](=O)[O-])cc1. The molecule has 2 aromatic rings. The van der Waals surface area contributed by atoms with Crippen molar-refractivity contribution in [3.05, 3.63) is 63.7 Å². The molecule has 0 spiro atoms. The lowest BCUT2D eigenvalue weighted by Crippen LogP contribution is -2.22. The number of rotatable bonds is 8. The summed E-state index contributed by atoms with van der Waals surface area (Å²) in [5.74, 6) is -0.436. The fourth-order valence-electron chi connectivity index (χ4n) is 2.40. The Bertz CT molecular complexity index is 833. The van der Waals surface area contributed by atoms with Gasteiger partial charge in [-0.05, 0) is 36.6 Å². The smallest absolute Gasteiger partial charge is 0.306 e. The number of nitrogens with one attached hydrogen (secondary N) is 1. The number of nitro groups is 1. The number of aryl methyl sites for hydroxylation is 2. The quantitative estimate of drug-likeness (QED) is 0.433. The van der Waals surface area contributed by atoms with Crippen molar-refractivity contribution in [3.63, 3.8) is 0 Å². The van der Waals surface area contributed by atoms with Crippen LogP contribution in [0.5, 0.6) is 5.75 Å². The number of esters is 1. The van der Waals surface area contributed by atoms with E-state index in [2.05, 4.69) is 5.32 Å². The summed E-state index contributed by atoms with van der Waals surface area (Å²) >= 11 is 0. The molecule has 1 N–H and O–H groups in total. The van der Waals surface area contributed by atoms with Gasteiger partial charge in [0.15, 0.2) is 6.61 Å². The number of para-hydroxylation sites is 1. The minimum Gasteiger partial charge on any atom is -0.497 e. The number of nitro benzene ring substituents is 1. The van der Waals surface area contributed by atoms with Gasteiger partial charge in [0.2, 0.25) is 0 Å². The first-order chi connectivity index (χ1) is 12.9. The van der Waals surface area contributed by atoms with Crippen molar-refractivity contribution in [3.8, 4) is 5.75 Å². The van der Waals surface area contributed by atoms with Gasteiger partial charge in [-0.15, -0.1) is 0 Å². The zero-order chi connectivity index (χ0) is 19.8. The van der Waals surface area contributed by atoms with Gasteiger partial charge < -0.3 is 14.8 Å². The average molecular weight is 372 g/mol. The van der Waals surface area contributed by atoms with Crippen molar-refractivity contribution in [2.75, 3.05) is 19.0 Å². The standard InChI is InChI=1S/C19H20N2O6/c1-13-4-3-5-16(21(24)25)19(13)20-17(22)12-27-18(23)11-8-14-6-9-15(26-2)10-7-14/h3-7,9-10H,8,11-12H2,1-2H3,(H,20,22). The molecular weight excluding hydrogens is 352 g/mol. The fraction of sp³-hybridized carbons (Fsp3) is 0.263. The van der Waals surface area contributed by atoms with Gasteiger partial charge in [-0.25, -0.2) is 0 Å². The number of carbonyl (C=O) groups is 2. The van der Waals surface area contributed by atoms with Crippen molar-refractivity contribution in [2.45, 2.75) is 19.8 Å². The Morgan fingerprint density at radius 2 is 1.85 bits per heavy atom. The van der Waals surface area contributed by atoms with E-state index in [4.69, 9.17) is 9.47 Å². The minimum atomic E-state index is -0.634. The first-order valence-electron chi connectivity index (χ1n) is 8.23. The van der Waals surface area contributed by atoms with Crippen LogP contribution in [0.4, 0.5) is 11.4 Å². The van der Waals surface area contributed by atoms with Crippen LogP contribution in [0.2, 0.25) is 0 Å². The molecule has 0 aromatic heterocycles. The monoisotopic (exact) mass is 372 g/mol. The molecule has 8 nitrogen and oxygen atoms in total. The zero-order valence-electron chi connectivity index (χ0n) is 15.1. The van der Waals surface area contributed by atoms with Crippen LogP contribution in [0.1, 0.15) is 17.5 Å². The topological polar surface area (TPSA) is 108 Å². The van der Waals surface area contributed by atoms with E-state index in [0.29, 0.717) is 12.0 Å². The van der Waals surface area contributed by atoms with Crippen molar-refractivity contribution in [2.24, 2.45) is 0 Å². The second-order valence-electron chi connectivity index (χ2n) is 5.78. The molecular formula is C19H20N2O6. The number of ether oxygens (including phenoxy) is 2. The predicted octanol–water partition coefficient (Wildman–Crippen LogP) is 3.03. The van der Waals surface area contributed by atoms with Crippen molar-refractivity contribution in [1.29, 1.82) is 0 Å². The minimum absolute atomic E-state index is 0.0989.